The van der Waals surface area contributed by atoms with E-state index in [2.05, 4.69) is 5.32 Å². The van der Waals surface area contributed by atoms with Crippen LogP contribution in [0.1, 0.15) is 55.8 Å². The van der Waals surface area contributed by atoms with Crippen LogP contribution in [-0.4, -0.2) is 75.6 Å². The summed E-state index contributed by atoms with van der Waals surface area (Å²) in [5.41, 5.74) is 0.191. The summed E-state index contributed by atoms with van der Waals surface area (Å²) in [6, 6.07) is 4.31. The maximum absolute atomic E-state index is 13.2. The molecule has 2 aliphatic heterocycles. The SMILES string of the molecule is CCOC(=O)N1CCC(NC(=O)c2cc(S(=O)(=O)N3CCCCCC3)ccc2OC)CC1. The number of likely N-dealkylation sites (tertiary alicyclic amines) is 1. The van der Waals surface area contributed by atoms with E-state index in [0.717, 1.165) is 25.7 Å². The van der Waals surface area contributed by atoms with Crippen LogP contribution in [0.4, 0.5) is 4.79 Å². The standard InChI is InChI=1S/C22H33N3O6S/c1-3-31-22(27)24-14-10-17(11-15-24)23-21(26)19-16-18(8-9-20(19)30-2)32(28,29)25-12-6-4-5-7-13-25/h8-9,16-17H,3-7,10-15H2,1-2H3,(H,23,26). The molecule has 178 valence electrons. The molecule has 2 heterocycles. The monoisotopic (exact) mass is 467 g/mol. The van der Waals surface area contributed by atoms with Gasteiger partial charge in [0.2, 0.25) is 10.0 Å². The van der Waals surface area contributed by atoms with Gasteiger partial charge in [-0.15, -0.1) is 0 Å². The van der Waals surface area contributed by atoms with E-state index in [1.165, 1.54) is 29.6 Å². The fourth-order valence-electron chi connectivity index (χ4n) is 4.14. The molecular weight excluding hydrogens is 434 g/mol. The van der Waals surface area contributed by atoms with Gasteiger partial charge in [-0.25, -0.2) is 13.2 Å². The second-order valence-corrected chi connectivity index (χ2v) is 10.1. The van der Waals surface area contributed by atoms with Crippen molar-refractivity contribution >= 4 is 22.0 Å². The van der Waals surface area contributed by atoms with Gasteiger partial charge in [-0.2, -0.15) is 4.31 Å². The summed E-state index contributed by atoms with van der Waals surface area (Å²) in [6.07, 6.45) is 4.58. The van der Waals surface area contributed by atoms with Crippen LogP contribution in [0.15, 0.2) is 23.1 Å². The number of piperidine rings is 1. The predicted octanol–water partition coefficient (Wildman–Crippen LogP) is 2.61. The van der Waals surface area contributed by atoms with Gasteiger partial charge in [0, 0.05) is 32.2 Å². The van der Waals surface area contributed by atoms with E-state index in [-0.39, 0.29) is 28.5 Å². The number of ether oxygens (including phenoxy) is 2. The largest absolute Gasteiger partial charge is 0.496 e. The molecule has 0 aromatic heterocycles. The van der Waals surface area contributed by atoms with Gasteiger partial charge in [0.25, 0.3) is 5.91 Å². The maximum Gasteiger partial charge on any atom is 0.409 e. The zero-order valence-electron chi connectivity index (χ0n) is 18.8. The van der Waals surface area contributed by atoms with E-state index in [9.17, 15) is 18.0 Å². The minimum Gasteiger partial charge on any atom is -0.496 e. The lowest BCUT2D eigenvalue weighted by Gasteiger charge is -2.31. The number of hydrogen-bond donors (Lipinski definition) is 1. The van der Waals surface area contributed by atoms with Gasteiger partial charge in [-0.1, -0.05) is 12.8 Å². The first-order valence-corrected chi connectivity index (χ1v) is 12.7. The van der Waals surface area contributed by atoms with Gasteiger partial charge in [-0.3, -0.25) is 4.79 Å². The van der Waals surface area contributed by atoms with Crippen LogP contribution in [0.2, 0.25) is 0 Å². The lowest BCUT2D eigenvalue weighted by Crippen LogP contribution is -2.46. The summed E-state index contributed by atoms with van der Waals surface area (Å²) >= 11 is 0. The number of nitrogens with one attached hydrogen (secondary N) is 1. The second kappa shape index (κ2) is 11.0. The summed E-state index contributed by atoms with van der Waals surface area (Å²) in [6.45, 7) is 4.06. The highest BCUT2D eigenvalue weighted by atomic mass is 32.2. The van der Waals surface area contributed by atoms with Crippen molar-refractivity contribution in [2.45, 2.75) is 56.4 Å². The second-order valence-electron chi connectivity index (χ2n) is 8.11. The normalized spacial score (nSPS) is 18.6. The molecule has 10 heteroatoms. The fraction of sp³-hybridized carbons (Fsp3) is 0.636. The lowest BCUT2D eigenvalue weighted by molar-refractivity contribution is 0.0858. The maximum atomic E-state index is 13.2. The molecule has 1 N–H and O–H groups in total. The van der Waals surface area contributed by atoms with Crippen molar-refractivity contribution in [3.05, 3.63) is 23.8 Å². The minimum atomic E-state index is -3.68. The Labute approximate surface area is 190 Å². The summed E-state index contributed by atoms with van der Waals surface area (Å²) < 4.78 is 38.2. The molecule has 0 unspecified atom stereocenters. The molecule has 0 radical (unpaired) electrons. The molecular formula is C22H33N3O6S. The smallest absolute Gasteiger partial charge is 0.409 e. The average Bonchev–Trinajstić information content (AvgIpc) is 3.09. The number of hydrogen-bond acceptors (Lipinski definition) is 6. The molecule has 0 atom stereocenters. The molecule has 1 aromatic carbocycles. The quantitative estimate of drug-likeness (QED) is 0.690. The molecule has 1 aromatic rings. The van der Waals surface area contributed by atoms with E-state index < -0.39 is 10.0 Å². The van der Waals surface area contributed by atoms with Gasteiger partial charge in [-0.05, 0) is 50.8 Å². The van der Waals surface area contributed by atoms with Crippen LogP contribution in [0.25, 0.3) is 0 Å². The number of rotatable bonds is 6. The fourth-order valence-corrected chi connectivity index (χ4v) is 5.68. The predicted molar refractivity (Wildman–Crippen MR) is 119 cm³/mol. The van der Waals surface area contributed by atoms with E-state index >= 15 is 0 Å². The Bertz CT molecular complexity index is 904. The van der Waals surface area contributed by atoms with Crippen molar-refractivity contribution in [2.75, 3.05) is 39.9 Å². The number of benzene rings is 1. The Kier molecular flexibility index (Phi) is 8.36. The number of sulfonamides is 1. The number of nitrogens with zero attached hydrogens (tertiary/aromatic N) is 2. The van der Waals surface area contributed by atoms with E-state index in [1.807, 2.05) is 0 Å². The van der Waals surface area contributed by atoms with Gasteiger partial charge < -0.3 is 19.7 Å². The molecule has 2 amide bonds. The summed E-state index contributed by atoms with van der Waals surface area (Å²) in [5.74, 6) is -0.0642. The molecule has 2 fully saturated rings. The Balaban J connectivity index is 1.71. The average molecular weight is 468 g/mol. The molecule has 2 saturated heterocycles. The summed E-state index contributed by atoms with van der Waals surface area (Å²) in [7, 11) is -2.23. The van der Waals surface area contributed by atoms with Crippen LogP contribution in [0.5, 0.6) is 5.75 Å². The first-order chi connectivity index (χ1) is 15.4. The minimum absolute atomic E-state index is 0.0995. The molecule has 3 rings (SSSR count). The van der Waals surface area contributed by atoms with Gasteiger partial charge >= 0.3 is 6.09 Å². The zero-order chi connectivity index (χ0) is 23.1. The van der Waals surface area contributed by atoms with Crippen LogP contribution in [0, 0.1) is 0 Å². The highest BCUT2D eigenvalue weighted by molar-refractivity contribution is 7.89. The van der Waals surface area contributed by atoms with E-state index in [1.54, 1.807) is 11.8 Å². The molecule has 0 aliphatic carbocycles. The summed E-state index contributed by atoms with van der Waals surface area (Å²) in [4.78, 5) is 26.6. The van der Waals surface area contributed by atoms with Crippen LogP contribution in [0.3, 0.4) is 0 Å². The Morgan fingerprint density at radius 3 is 2.31 bits per heavy atom. The topological polar surface area (TPSA) is 105 Å². The molecule has 32 heavy (non-hydrogen) atoms. The summed E-state index contributed by atoms with van der Waals surface area (Å²) in [5, 5.41) is 2.96. The van der Waals surface area contributed by atoms with Crippen LogP contribution >= 0.6 is 0 Å². The van der Waals surface area contributed by atoms with Gasteiger partial charge in [0.15, 0.2) is 0 Å². The van der Waals surface area contributed by atoms with Crippen molar-refractivity contribution in [1.29, 1.82) is 0 Å². The van der Waals surface area contributed by atoms with Crippen molar-refractivity contribution in [3.8, 4) is 5.75 Å². The first-order valence-electron chi connectivity index (χ1n) is 11.3. The Hall–Kier alpha value is -2.33. The molecule has 2 aliphatic rings. The number of methoxy groups -OCH3 is 1. The van der Waals surface area contributed by atoms with E-state index in [4.69, 9.17) is 9.47 Å². The number of amides is 2. The highest BCUT2D eigenvalue weighted by Gasteiger charge is 2.29. The Morgan fingerprint density at radius 1 is 1.06 bits per heavy atom. The van der Waals surface area contributed by atoms with Gasteiger partial charge in [0.05, 0.1) is 24.2 Å². The third kappa shape index (κ3) is 5.72. The van der Waals surface area contributed by atoms with Crippen LogP contribution < -0.4 is 10.1 Å². The molecule has 0 saturated carbocycles. The highest BCUT2D eigenvalue weighted by Crippen LogP contribution is 2.26. The van der Waals surface area contributed by atoms with Crippen molar-refractivity contribution < 1.29 is 27.5 Å². The molecule has 0 bridgehead atoms. The van der Waals surface area contributed by atoms with Gasteiger partial charge in [0.1, 0.15) is 5.75 Å². The zero-order valence-corrected chi connectivity index (χ0v) is 19.7. The van der Waals surface area contributed by atoms with Crippen LogP contribution in [-0.2, 0) is 14.8 Å². The van der Waals surface area contributed by atoms with Crippen molar-refractivity contribution in [1.82, 2.24) is 14.5 Å². The van der Waals surface area contributed by atoms with E-state index in [0.29, 0.717) is 51.4 Å². The third-order valence-corrected chi connectivity index (χ3v) is 7.87. The number of carbonyl (C=O) groups is 2. The number of carbonyl (C=O) groups excluding carboxylic acids is 2. The van der Waals surface area contributed by atoms with Crippen molar-refractivity contribution in [3.63, 3.8) is 0 Å². The first kappa shape index (κ1) is 24.3. The molecule has 0 spiro atoms. The third-order valence-electron chi connectivity index (χ3n) is 5.97. The van der Waals surface area contributed by atoms with Crippen molar-refractivity contribution in [2.24, 2.45) is 0 Å². The Morgan fingerprint density at radius 2 is 1.72 bits per heavy atom. The molecule has 9 nitrogen and oxygen atoms in total. The lowest BCUT2D eigenvalue weighted by atomic mass is 10.0.